The molecule has 1 unspecified atom stereocenters. The van der Waals surface area contributed by atoms with Crippen molar-refractivity contribution in [1.82, 2.24) is 10.2 Å². The van der Waals surface area contributed by atoms with Crippen LogP contribution in [0.2, 0.25) is 0 Å². The van der Waals surface area contributed by atoms with Gasteiger partial charge in [-0.25, -0.2) is 0 Å². The summed E-state index contributed by atoms with van der Waals surface area (Å²) in [5.74, 6) is 0. The molecular weight excluding hydrogens is 160 g/mol. The second kappa shape index (κ2) is 4.97. The van der Waals surface area contributed by atoms with E-state index in [2.05, 4.69) is 38.0 Å². The molecule has 0 aromatic heterocycles. The van der Waals surface area contributed by atoms with Crippen LogP contribution in [0.5, 0.6) is 0 Å². The molecule has 0 bridgehead atoms. The Balaban J connectivity index is 0.00000169. The molecule has 13 heavy (non-hydrogen) atoms. The molecule has 1 aliphatic rings. The summed E-state index contributed by atoms with van der Waals surface area (Å²) >= 11 is 0. The third-order valence-corrected chi connectivity index (χ3v) is 3.08. The van der Waals surface area contributed by atoms with Crippen LogP contribution < -0.4 is 5.32 Å². The van der Waals surface area contributed by atoms with Crippen molar-refractivity contribution in [2.75, 3.05) is 13.6 Å². The molecule has 1 rings (SSSR count). The highest BCUT2D eigenvalue weighted by molar-refractivity contribution is 4.78. The van der Waals surface area contributed by atoms with Crippen molar-refractivity contribution in [2.24, 2.45) is 0 Å². The molecule has 0 spiro atoms. The van der Waals surface area contributed by atoms with Crippen molar-refractivity contribution in [3.63, 3.8) is 0 Å². The fraction of sp³-hybridized carbons (Fsp3) is 1.00. The van der Waals surface area contributed by atoms with Crippen molar-refractivity contribution < 1.29 is 1.43 Å². The number of hydrogen-bond donors (Lipinski definition) is 1. The Bertz CT molecular complexity index is 138. The van der Waals surface area contributed by atoms with Gasteiger partial charge in [-0.15, -0.1) is 0 Å². The highest BCUT2D eigenvalue weighted by atomic mass is 15.1. The summed E-state index contributed by atoms with van der Waals surface area (Å²) < 4.78 is 0. The summed E-state index contributed by atoms with van der Waals surface area (Å²) in [7, 11) is 2.24. The molecule has 0 aromatic carbocycles. The predicted molar refractivity (Wildman–Crippen MR) is 60.1 cm³/mol. The first-order valence-electron chi connectivity index (χ1n) is 5.56. The molecule has 1 N–H and O–H groups in total. The van der Waals surface area contributed by atoms with E-state index in [1.165, 1.54) is 25.8 Å². The van der Waals surface area contributed by atoms with Gasteiger partial charge in [0.2, 0.25) is 0 Å². The minimum atomic E-state index is 0. The maximum atomic E-state index is 3.64. The first kappa shape index (κ1) is 11.0. The molecular formula is C11H26N2. The Morgan fingerprint density at radius 2 is 2.00 bits per heavy atom. The minimum absolute atomic E-state index is 0. The molecule has 0 radical (unpaired) electrons. The van der Waals surface area contributed by atoms with Crippen LogP contribution in [0.25, 0.3) is 0 Å². The van der Waals surface area contributed by atoms with Gasteiger partial charge in [-0.1, -0.05) is 13.8 Å². The van der Waals surface area contributed by atoms with Crippen molar-refractivity contribution in [3.8, 4) is 0 Å². The molecule has 2 atom stereocenters. The van der Waals surface area contributed by atoms with Gasteiger partial charge in [0.25, 0.3) is 0 Å². The molecule has 0 aliphatic carbocycles. The largest absolute Gasteiger partial charge is 0.312 e. The number of likely N-dealkylation sites (tertiary alicyclic amines) is 1. The number of rotatable bonds is 2. The standard InChI is InChI=1S/C11H24N2.H2/c1-9(2)12-11-6-5-10(3)13(4)8-7-11;/h9-12H,5-8H2,1-4H3;1H/t10-,11?;/m0./s1. The van der Waals surface area contributed by atoms with Crippen LogP contribution in [-0.2, 0) is 0 Å². The normalized spacial score (nSPS) is 32.1. The van der Waals surface area contributed by atoms with Gasteiger partial charge in [0.1, 0.15) is 0 Å². The van der Waals surface area contributed by atoms with Crippen LogP contribution >= 0.6 is 0 Å². The third kappa shape index (κ3) is 3.65. The number of hydrogen-bond acceptors (Lipinski definition) is 2. The fourth-order valence-corrected chi connectivity index (χ4v) is 2.03. The summed E-state index contributed by atoms with van der Waals surface area (Å²) in [6.45, 7) is 8.04. The summed E-state index contributed by atoms with van der Waals surface area (Å²) in [6.07, 6.45) is 3.98. The topological polar surface area (TPSA) is 15.3 Å². The molecule has 2 heteroatoms. The summed E-state index contributed by atoms with van der Waals surface area (Å²) in [5.41, 5.74) is 0. The van der Waals surface area contributed by atoms with Gasteiger partial charge < -0.3 is 10.2 Å². The average Bonchev–Trinajstić information content (AvgIpc) is 2.19. The monoisotopic (exact) mass is 186 g/mol. The van der Waals surface area contributed by atoms with Gasteiger partial charge in [-0.05, 0) is 39.8 Å². The fourth-order valence-electron chi connectivity index (χ4n) is 2.03. The van der Waals surface area contributed by atoms with Crippen molar-refractivity contribution >= 4 is 0 Å². The first-order valence-corrected chi connectivity index (χ1v) is 5.56. The van der Waals surface area contributed by atoms with E-state index in [0.29, 0.717) is 6.04 Å². The predicted octanol–water partition coefficient (Wildman–Crippen LogP) is 2.10. The van der Waals surface area contributed by atoms with E-state index in [9.17, 15) is 0 Å². The summed E-state index contributed by atoms with van der Waals surface area (Å²) in [5, 5.41) is 3.64. The van der Waals surface area contributed by atoms with Gasteiger partial charge in [0.15, 0.2) is 0 Å². The average molecular weight is 186 g/mol. The van der Waals surface area contributed by atoms with Gasteiger partial charge >= 0.3 is 0 Å². The van der Waals surface area contributed by atoms with E-state index in [1.807, 2.05) is 0 Å². The Kier molecular flexibility index (Phi) is 4.20. The highest BCUT2D eigenvalue weighted by Crippen LogP contribution is 2.15. The van der Waals surface area contributed by atoms with Crippen LogP contribution in [0.4, 0.5) is 0 Å². The van der Waals surface area contributed by atoms with Crippen LogP contribution in [0.3, 0.4) is 0 Å². The molecule has 1 aliphatic heterocycles. The zero-order valence-corrected chi connectivity index (χ0v) is 9.51. The molecule has 1 fully saturated rings. The SMILES string of the molecule is CC(C)NC1CC[C@H](C)N(C)CC1.[HH]. The minimum Gasteiger partial charge on any atom is -0.312 e. The Labute approximate surface area is 84.2 Å². The van der Waals surface area contributed by atoms with Crippen LogP contribution in [0, 0.1) is 0 Å². The zero-order valence-electron chi connectivity index (χ0n) is 9.51. The quantitative estimate of drug-likeness (QED) is 0.710. The van der Waals surface area contributed by atoms with E-state index in [4.69, 9.17) is 0 Å². The highest BCUT2D eigenvalue weighted by Gasteiger charge is 2.19. The second-order valence-corrected chi connectivity index (χ2v) is 4.71. The van der Waals surface area contributed by atoms with E-state index >= 15 is 0 Å². The van der Waals surface area contributed by atoms with E-state index in [-0.39, 0.29) is 1.43 Å². The van der Waals surface area contributed by atoms with E-state index < -0.39 is 0 Å². The number of nitrogens with zero attached hydrogens (tertiary/aromatic N) is 1. The summed E-state index contributed by atoms with van der Waals surface area (Å²) in [4.78, 5) is 2.47. The molecule has 0 saturated carbocycles. The van der Waals surface area contributed by atoms with Crippen LogP contribution in [0.15, 0.2) is 0 Å². The first-order chi connectivity index (χ1) is 6.09. The lowest BCUT2D eigenvalue weighted by Crippen LogP contribution is -2.35. The van der Waals surface area contributed by atoms with Crippen LogP contribution in [0.1, 0.15) is 41.5 Å². The van der Waals surface area contributed by atoms with Gasteiger partial charge in [-0.2, -0.15) is 0 Å². The van der Waals surface area contributed by atoms with Gasteiger partial charge in [0.05, 0.1) is 0 Å². The zero-order chi connectivity index (χ0) is 9.84. The maximum absolute atomic E-state index is 3.64. The van der Waals surface area contributed by atoms with E-state index in [1.54, 1.807) is 0 Å². The number of nitrogens with one attached hydrogen (secondary N) is 1. The van der Waals surface area contributed by atoms with Crippen molar-refractivity contribution in [1.29, 1.82) is 0 Å². The third-order valence-electron chi connectivity index (χ3n) is 3.08. The van der Waals surface area contributed by atoms with Crippen LogP contribution in [-0.4, -0.2) is 36.6 Å². The molecule has 0 amide bonds. The Morgan fingerprint density at radius 3 is 2.62 bits per heavy atom. The Morgan fingerprint density at radius 1 is 1.31 bits per heavy atom. The van der Waals surface area contributed by atoms with Crippen molar-refractivity contribution in [3.05, 3.63) is 0 Å². The van der Waals surface area contributed by atoms with E-state index in [0.717, 1.165) is 12.1 Å². The summed E-state index contributed by atoms with van der Waals surface area (Å²) in [6, 6.07) is 2.13. The maximum Gasteiger partial charge on any atom is 0.00821 e. The Hall–Kier alpha value is -0.0800. The molecule has 80 valence electrons. The lowest BCUT2D eigenvalue weighted by atomic mass is 10.1. The van der Waals surface area contributed by atoms with Crippen molar-refractivity contribution in [2.45, 2.75) is 58.2 Å². The smallest absolute Gasteiger partial charge is 0.00821 e. The van der Waals surface area contributed by atoms with Gasteiger partial charge in [-0.3, -0.25) is 0 Å². The molecule has 1 heterocycles. The van der Waals surface area contributed by atoms with Gasteiger partial charge in [0, 0.05) is 19.6 Å². The molecule has 1 saturated heterocycles. The second-order valence-electron chi connectivity index (χ2n) is 4.71. The lowest BCUT2D eigenvalue weighted by Gasteiger charge is -2.20. The molecule has 0 aromatic rings. The molecule has 2 nitrogen and oxygen atoms in total. The lowest BCUT2D eigenvalue weighted by molar-refractivity contribution is 0.263.